The minimum Gasteiger partial charge on any atom is -0.616 e. The van der Waals surface area contributed by atoms with Gasteiger partial charge in [0.05, 0.1) is 7.11 Å². The number of hydrogen-bond donors (Lipinski definition) is 0. The van der Waals surface area contributed by atoms with E-state index in [4.69, 9.17) is 0 Å². The zero-order valence-corrected chi connectivity index (χ0v) is 10.6. The molecule has 15 heavy (non-hydrogen) atoms. The molecule has 0 aliphatic carbocycles. The lowest BCUT2D eigenvalue weighted by molar-refractivity contribution is -0.137. The first-order valence-corrected chi connectivity index (χ1v) is 7.11. The minimum absolute atomic E-state index is 0.0471. The van der Waals surface area contributed by atoms with Gasteiger partial charge in [-0.3, -0.25) is 0 Å². The normalized spacial score (nSPS) is 12.5. The van der Waals surface area contributed by atoms with Crippen molar-refractivity contribution in [3.63, 3.8) is 0 Å². The van der Waals surface area contributed by atoms with Gasteiger partial charge in [0, 0.05) is 0 Å². The molecule has 1 unspecified atom stereocenters. The van der Waals surface area contributed by atoms with Gasteiger partial charge in [-0.15, -0.1) is 0 Å². The molecular weight excluding hydrogens is 212 g/mol. The van der Waals surface area contributed by atoms with Crippen molar-refractivity contribution < 1.29 is 14.1 Å². The molecule has 0 saturated carbocycles. The molecule has 1 atom stereocenters. The van der Waals surface area contributed by atoms with Crippen molar-refractivity contribution in [2.24, 2.45) is 0 Å². The van der Waals surface area contributed by atoms with Crippen LogP contribution in [0.2, 0.25) is 0 Å². The van der Waals surface area contributed by atoms with E-state index in [9.17, 15) is 9.35 Å². The van der Waals surface area contributed by atoms with Crippen molar-refractivity contribution in [3.8, 4) is 0 Å². The van der Waals surface area contributed by atoms with Crippen LogP contribution in [0.3, 0.4) is 0 Å². The van der Waals surface area contributed by atoms with Gasteiger partial charge in [-0.25, -0.2) is 4.79 Å². The second-order valence-electron chi connectivity index (χ2n) is 3.63. The minimum atomic E-state index is -1.03. The molecular formula is C11H22O3S. The predicted octanol–water partition coefficient (Wildman–Crippen LogP) is 2.27. The fourth-order valence-electron chi connectivity index (χ4n) is 1.31. The standard InChI is InChI=1S/C11H22O3S/c1-3-4-5-6-7-8-9-15(13)10-11(12)14-2/h3-10H2,1-2H3. The topological polar surface area (TPSA) is 49.4 Å². The summed E-state index contributed by atoms with van der Waals surface area (Å²) in [5.74, 6) is 0.298. The van der Waals surface area contributed by atoms with Gasteiger partial charge in [-0.05, 0) is 24.0 Å². The number of ether oxygens (including phenoxy) is 1. The molecule has 0 rings (SSSR count). The Hall–Kier alpha value is -0.220. The van der Waals surface area contributed by atoms with Crippen LogP contribution in [-0.2, 0) is 20.7 Å². The number of hydrogen-bond acceptors (Lipinski definition) is 3. The highest BCUT2D eigenvalue weighted by atomic mass is 32.2. The van der Waals surface area contributed by atoms with E-state index in [-0.39, 0.29) is 11.7 Å². The number of rotatable bonds is 9. The largest absolute Gasteiger partial charge is 0.616 e. The smallest absolute Gasteiger partial charge is 0.356 e. The van der Waals surface area contributed by atoms with Crippen LogP contribution >= 0.6 is 0 Å². The zero-order valence-electron chi connectivity index (χ0n) is 9.79. The van der Waals surface area contributed by atoms with Crippen molar-refractivity contribution in [3.05, 3.63) is 0 Å². The Balaban J connectivity index is 3.23. The van der Waals surface area contributed by atoms with E-state index in [2.05, 4.69) is 11.7 Å². The predicted molar refractivity (Wildman–Crippen MR) is 63.3 cm³/mol. The summed E-state index contributed by atoms with van der Waals surface area (Å²) in [7, 11) is 1.32. The average Bonchev–Trinajstić information content (AvgIpc) is 2.23. The molecule has 0 heterocycles. The number of carbonyl (C=O) groups excluding carboxylic acids is 1. The molecule has 90 valence electrons. The summed E-state index contributed by atoms with van der Waals surface area (Å²) in [4.78, 5) is 10.8. The van der Waals surface area contributed by atoms with Gasteiger partial charge in [0.15, 0.2) is 0 Å². The molecule has 0 aliphatic rings. The van der Waals surface area contributed by atoms with E-state index in [1.807, 2.05) is 0 Å². The van der Waals surface area contributed by atoms with Crippen LogP contribution in [0.25, 0.3) is 0 Å². The zero-order chi connectivity index (χ0) is 11.5. The molecule has 0 aromatic heterocycles. The van der Waals surface area contributed by atoms with Crippen LogP contribution < -0.4 is 0 Å². The number of methoxy groups -OCH3 is 1. The molecule has 0 aliphatic heterocycles. The van der Waals surface area contributed by atoms with E-state index in [1.54, 1.807) is 0 Å². The van der Waals surface area contributed by atoms with E-state index in [0.29, 0.717) is 5.75 Å². The second-order valence-corrected chi connectivity index (χ2v) is 5.21. The van der Waals surface area contributed by atoms with Crippen molar-refractivity contribution in [1.29, 1.82) is 0 Å². The SMILES string of the molecule is CCCCCCCC[S+]([O-])CC(=O)OC. The Morgan fingerprint density at radius 3 is 2.40 bits per heavy atom. The Morgan fingerprint density at radius 1 is 1.20 bits per heavy atom. The van der Waals surface area contributed by atoms with Gasteiger partial charge in [0.1, 0.15) is 5.75 Å². The maximum absolute atomic E-state index is 11.3. The first-order chi connectivity index (χ1) is 7.20. The highest BCUT2D eigenvalue weighted by Gasteiger charge is 2.12. The van der Waals surface area contributed by atoms with Gasteiger partial charge < -0.3 is 9.29 Å². The van der Waals surface area contributed by atoms with E-state index < -0.39 is 11.2 Å². The van der Waals surface area contributed by atoms with Gasteiger partial charge in [0.25, 0.3) is 0 Å². The quantitative estimate of drug-likeness (QED) is 0.349. The highest BCUT2D eigenvalue weighted by molar-refractivity contribution is 7.92. The molecule has 0 bridgehead atoms. The van der Waals surface area contributed by atoms with Gasteiger partial charge in [-0.2, -0.15) is 0 Å². The van der Waals surface area contributed by atoms with Gasteiger partial charge >= 0.3 is 5.97 Å². The molecule has 0 amide bonds. The van der Waals surface area contributed by atoms with E-state index in [0.717, 1.165) is 12.8 Å². The van der Waals surface area contributed by atoms with Gasteiger partial charge in [-0.1, -0.05) is 32.6 Å². The number of unbranched alkanes of at least 4 members (excludes halogenated alkanes) is 5. The summed E-state index contributed by atoms with van der Waals surface area (Å²) in [6.07, 6.45) is 7.07. The lowest BCUT2D eigenvalue weighted by atomic mass is 10.1. The molecule has 0 fully saturated rings. The Bertz CT molecular complexity index is 162. The van der Waals surface area contributed by atoms with E-state index in [1.165, 1.54) is 32.8 Å². The molecule has 0 N–H and O–H groups in total. The molecule has 4 heteroatoms. The molecule has 0 radical (unpaired) electrons. The molecule has 0 saturated heterocycles. The van der Waals surface area contributed by atoms with Crippen LogP contribution in [0.5, 0.6) is 0 Å². The number of carbonyl (C=O) groups is 1. The first-order valence-electron chi connectivity index (χ1n) is 5.62. The third-order valence-electron chi connectivity index (χ3n) is 2.23. The fraction of sp³-hybridized carbons (Fsp3) is 0.909. The Morgan fingerprint density at radius 2 is 1.80 bits per heavy atom. The third-order valence-corrected chi connectivity index (χ3v) is 3.53. The molecule has 0 aromatic carbocycles. The summed E-state index contributed by atoms with van der Waals surface area (Å²) in [5, 5.41) is 0. The van der Waals surface area contributed by atoms with E-state index >= 15 is 0 Å². The summed E-state index contributed by atoms with van der Waals surface area (Å²) < 4.78 is 15.8. The summed E-state index contributed by atoms with van der Waals surface area (Å²) in [6, 6.07) is 0. The summed E-state index contributed by atoms with van der Waals surface area (Å²) >= 11 is -1.03. The summed E-state index contributed by atoms with van der Waals surface area (Å²) in [5.41, 5.74) is 0. The van der Waals surface area contributed by atoms with Crippen molar-refractivity contribution in [2.75, 3.05) is 18.6 Å². The Labute approximate surface area is 95.8 Å². The molecule has 3 nitrogen and oxygen atoms in total. The van der Waals surface area contributed by atoms with Gasteiger partial charge in [0.2, 0.25) is 5.75 Å². The van der Waals surface area contributed by atoms with Crippen LogP contribution in [-0.4, -0.2) is 29.1 Å². The lowest BCUT2D eigenvalue weighted by Gasteiger charge is -2.09. The van der Waals surface area contributed by atoms with Crippen molar-refractivity contribution in [1.82, 2.24) is 0 Å². The number of esters is 1. The van der Waals surface area contributed by atoms with Crippen molar-refractivity contribution >= 4 is 17.1 Å². The molecule has 0 spiro atoms. The first kappa shape index (κ1) is 14.8. The van der Waals surface area contributed by atoms with Crippen LogP contribution in [0.1, 0.15) is 45.4 Å². The lowest BCUT2D eigenvalue weighted by Crippen LogP contribution is -2.19. The van der Waals surface area contributed by atoms with Crippen molar-refractivity contribution in [2.45, 2.75) is 45.4 Å². The Kier molecular flexibility index (Phi) is 10.2. The van der Waals surface area contributed by atoms with Crippen LogP contribution in [0.15, 0.2) is 0 Å². The monoisotopic (exact) mass is 234 g/mol. The van der Waals surface area contributed by atoms with Crippen LogP contribution in [0.4, 0.5) is 0 Å². The summed E-state index contributed by atoms with van der Waals surface area (Å²) in [6.45, 7) is 2.19. The maximum Gasteiger partial charge on any atom is 0.356 e. The average molecular weight is 234 g/mol. The third kappa shape index (κ3) is 10.1. The van der Waals surface area contributed by atoms with Crippen LogP contribution in [0, 0.1) is 0 Å². The second kappa shape index (κ2) is 10.3. The highest BCUT2D eigenvalue weighted by Crippen LogP contribution is 2.06. The maximum atomic E-state index is 11.3. The molecule has 0 aromatic rings. The fourth-order valence-corrected chi connectivity index (χ4v) is 2.36.